The number of halogens is 3. The molecule has 1 N–H and O–H groups in total. The van der Waals surface area contributed by atoms with E-state index in [4.69, 9.17) is 0 Å². The third-order valence-corrected chi connectivity index (χ3v) is 3.55. The van der Waals surface area contributed by atoms with Crippen LogP contribution >= 0.6 is 0 Å². The summed E-state index contributed by atoms with van der Waals surface area (Å²) in [5, 5.41) is 3.45. The van der Waals surface area contributed by atoms with Crippen molar-refractivity contribution in [1.29, 1.82) is 0 Å². The van der Waals surface area contributed by atoms with E-state index in [9.17, 15) is 13.2 Å². The first-order chi connectivity index (χ1) is 9.99. The first kappa shape index (κ1) is 15.9. The monoisotopic (exact) mass is 302 g/mol. The quantitative estimate of drug-likeness (QED) is 0.920. The van der Waals surface area contributed by atoms with E-state index in [2.05, 4.69) is 17.0 Å². The minimum absolute atomic E-state index is 0.123. The van der Waals surface area contributed by atoms with Crippen molar-refractivity contribution in [3.63, 3.8) is 0 Å². The van der Waals surface area contributed by atoms with Crippen molar-refractivity contribution < 1.29 is 17.9 Å². The highest BCUT2D eigenvalue weighted by molar-refractivity contribution is 5.58. The molecule has 0 aromatic heterocycles. The molecule has 21 heavy (non-hydrogen) atoms. The average molecular weight is 302 g/mol. The van der Waals surface area contributed by atoms with Gasteiger partial charge in [0.2, 0.25) is 0 Å². The van der Waals surface area contributed by atoms with Crippen LogP contribution in [0, 0.1) is 0 Å². The fourth-order valence-corrected chi connectivity index (χ4v) is 2.69. The zero-order valence-electron chi connectivity index (χ0n) is 12.1. The van der Waals surface area contributed by atoms with Gasteiger partial charge in [-0.1, -0.05) is 25.5 Å². The van der Waals surface area contributed by atoms with Gasteiger partial charge in [-0.15, -0.1) is 13.2 Å². The molecule has 0 spiro atoms. The third-order valence-electron chi connectivity index (χ3n) is 3.55. The first-order valence-electron chi connectivity index (χ1n) is 7.32. The lowest BCUT2D eigenvalue weighted by molar-refractivity contribution is -0.274. The highest BCUT2D eigenvalue weighted by atomic mass is 19.4. The summed E-state index contributed by atoms with van der Waals surface area (Å²) in [4.78, 5) is 1.99. The first-order valence-corrected chi connectivity index (χ1v) is 7.32. The Kier molecular flexibility index (Phi) is 5.33. The van der Waals surface area contributed by atoms with E-state index in [1.165, 1.54) is 6.07 Å². The second kappa shape index (κ2) is 7.02. The summed E-state index contributed by atoms with van der Waals surface area (Å²) in [6.07, 6.45) is -1.70. The maximum absolute atomic E-state index is 12.5. The number of hydrogen-bond donors (Lipinski definition) is 1. The van der Waals surface area contributed by atoms with Gasteiger partial charge < -0.3 is 15.0 Å². The lowest BCUT2D eigenvalue weighted by atomic mass is 10.1. The van der Waals surface area contributed by atoms with E-state index < -0.39 is 6.36 Å². The molecule has 1 aliphatic rings. The molecule has 2 rings (SSSR count). The Hall–Kier alpha value is -1.43. The number of para-hydroxylation sites is 2. The van der Waals surface area contributed by atoms with Gasteiger partial charge in [-0.25, -0.2) is 0 Å². The molecule has 0 aliphatic carbocycles. The largest absolute Gasteiger partial charge is 0.573 e. The van der Waals surface area contributed by atoms with E-state index in [0.717, 1.165) is 32.4 Å². The van der Waals surface area contributed by atoms with Crippen molar-refractivity contribution in [2.75, 3.05) is 24.5 Å². The molecule has 1 saturated heterocycles. The van der Waals surface area contributed by atoms with Crippen molar-refractivity contribution in [3.05, 3.63) is 24.3 Å². The molecule has 0 bridgehead atoms. The Balaban J connectivity index is 2.19. The van der Waals surface area contributed by atoms with Crippen LogP contribution in [0.15, 0.2) is 24.3 Å². The SMILES string of the molecule is CCCC1CN(c2ccccc2OC(F)(F)F)CCCN1. The van der Waals surface area contributed by atoms with Gasteiger partial charge in [0.05, 0.1) is 5.69 Å². The van der Waals surface area contributed by atoms with Crippen LogP contribution in [0.5, 0.6) is 5.75 Å². The number of hydrogen-bond acceptors (Lipinski definition) is 3. The number of nitrogens with zero attached hydrogens (tertiary/aromatic N) is 1. The van der Waals surface area contributed by atoms with Crippen LogP contribution in [-0.4, -0.2) is 32.0 Å². The van der Waals surface area contributed by atoms with Crippen LogP contribution in [0.3, 0.4) is 0 Å². The minimum atomic E-state index is -4.66. The van der Waals surface area contributed by atoms with Crippen molar-refractivity contribution in [3.8, 4) is 5.75 Å². The van der Waals surface area contributed by atoms with Gasteiger partial charge in [0, 0.05) is 19.1 Å². The number of anilines is 1. The predicted octanol–water partition coefficient (Wildman–Crippen LogP) is 3.55. The highest BCUT2D eigenvalue weighted by Gasteiger charge is 2.33. The van der Waals surface area contributed by atoms with Gasteiger partial charge in [0.25, 0.3) is 0 Å². The Bertz CT molecular complexity index is 451. The minimum Gasteiger partial charge on any atom is -0.404 e. The van der Waals surface area contributed by atoms with Gasteiger partial charge in [0.15, 0.2) is 5.75 Å². The molecular formula is C15H21F3N2O. The summed E-state index contributed by atoms with van der Waals surface area (Å²) in [6, 6.07) is 6.66. The summed E-state index contributed by atoms with van der Waals surface area (Å²) >= 11 is 0. The van der Waals surface area contributed by atoms with Crippen molar-refractivity contribution in [1.82, 2.24) is 5.32 Å². The normalized spacial score (nSPS) is 20.2. The fourth-order valence-electron chi connectivity index (χ4n) is 2.69. The fraction of sp³-hybridized carbons (Fsp3) is 0.600. The number of nitrogens with one attached hydrogen (secondary N) is 1. The Morgan fingerprint density at radius 2 is 2.10 bits per heavy atom. The van der Waals surface area contributed by atoms with Crippen LogP contribution in [0.1, 0.15) is 26.2 Å². The van der Waals surface area contributed by atoms with Crippen molar-refractivity contribution in [2.24, 2.45) is 0 Å². The molecule has 1 aliphatic heterocycles. The molecule has 1 atom stereocenters. The zero-order valence-corrected chi connectivity index (χ0v) is 12.1. The van der Waals surface area contributed by atoms with E-state index in [1.54, 1.807) is 18.2 Å². The van der Waals surface area contributed by atoms with Crippen LogP contribution < -0.4 is 15.0 Å². The maximum atomic E-state index is 12.5. The van der Waals surface area contributed by atoms with Gasteiger partial charge in [0.1, 0.15) is 0 Å². The number of ether oxygens (including phenoxy) is 1. The number of rotatable bonds is 4. The second-order valence-electron chi connectivity index (χ2n) is 5.25. The van der Waals surface area contributed by atoms with Crippen molar-refractivity contribution in [2.45, 2.75) is 38.6 Å². The molecule has 1 unspecified atom stereocenters. The summed E-state index contributed by atoms with van der Waals surface area (Å²) in [7, 11) is 0. The van der Waals surface area contributed by atoms with Crippen LogP contribution in [0.25, 0.3) is 0 Å². The summed E-state index contributed by atoms with van der Waals surface area (Å²) in [6.45, 7) is 4.43. The van der Waals surface area contributed by atoms with Crippen LogP contribution in [0.4, 0.5) is 18.9 Å². The van der Waals surface area contributed by atoms with Crippen molar-refractivity contribution >= 4 is 5.69 Å². The molecular weight excluding hydrogens is 281 g/mol. The Morgan fingerprint density at radius 3 is 2.81 bits per heavy atom. The molecule has 1 aromatic rings. The predicted molar refractivity (Wildman–Crippen MR) is 76.7 cm³/mol. The molecule has 1 aromatic carbocycles. The smallest absolute Gasteiger partial charge is 0.404 e. The zero-order chi connectivity index (χ0) is 15.3. The van der Waals surface area contributed by atoms with Gasteiger partial charge in [-0.2, -0.15) is 0 Å². The topological polar surface area (TPSA) is 24.5 Å². The highest BCUT2D eigenvalue weighted by Crippen LogP contribution is 2.33. The molecule has 6 heteroatoms. The number of benzene rings is 1. The molecule has 0 radical (unpaired) electrons. The standard InChI is InChI=1S/C15H21F3N2O/c1-2-6-12-11-20(10-5-9-19-12)13-7-3-4-8-14(13)21-15(16,17)18/h3-4,7-8,12,19H,2,5-6,9-11H2,1H3. The Labute approximate surface area is 123 Å². The van der Waals surface area contributed by atoms with E-state index in [0.29, 0.717) is 18.3 Å². The van der Waals surface area contributed by atoms with Gasteiger partial charge >= 0.3 is 6.36 Å². The summed E-state index contributed by atoms with van der Waals surface area (Å²) in [5.74, 6) is -0.123. The third kappa shape index (κ3) is 4.81. The lowest BCUT2D eigenvalue weighted by Gasteiger charge is -2.28. The molecule has 1 heterocycles. The van der Waals surface area contributed by atoms with E-state index in [-0.39, 0.29) is 5.75 Å². The second-order valence-corrected chi connectivity index (χ2v) is 5.25. The van der Waals surface area contributed by atoms with Crippen LogP contribution in [-0.2, 0) is 0 Å². The molecule has 0 saturated carbocycles. The number of alkyl halides is 3. The van der Waals surface area contributed by atoms with E-state index >= 15 is 0 Å². The molecule has 1 fully saturated rings. The summed E-state index contributed by atoms with van der Waals surface area (Å²) in [5.41, 5.74) is 0.514. The van der Waals surface area contributed by atoms with Crippen LogP contribution in [0.2, 0.25) is 0 Å². The lowest BCUT2D eigenvalue weighted by Crippen LogP contribution is -2.37. The molecule has 3 nitrogen and oxygen atoms in total. The maximum Gasteiger partial charge on any atom is 0.573 e. The summed E-state index contributed by atoms with van der Waals surface area (Å²) < 4.78 is 41.7. The van der Waals surface area contributed by atoms with Gasteiger partial charge in [-0.3, -0.25) is 0 Å². The van der Waals surface area contributed by atoms with Gasteiger partial charge in [-0.05, 0) is 31.5 Å². The molecule has 118 valence electrons. The van der Waals surface area contributed by atoms with E-state index in [1.807, 2.05) is 4.90 Å². The Morgan fingerprint density at radius 1 is 1.33 bits per heavy atom. The molecule has 0 amide bonds. The average Bonchev–Trinajstić information content (AvgIpc) is 2.63.